The van der Waals surface area contributed by atoms with Crippen LogP contribution in [0.5, 0.6) is 5.75 Å². The maximum atomic E-state index is 5.71. The lowest BCUT2D eigenvalue weighted by Gasteiger charge is -2.16. The van der Waals surface area contributed by atoms with Crippen LogP contribution in [-0.4, -0.2) is 51.3 Å². The maximum absolute atomic E-state index is 5.71. The van der Waals surface area contributed by atoms with E-state index in [9.17, 15) is 0 Å². The minimum atomic E-state index is 0. The van der Waals surface area contributed by atoms with Crippen LogP contribution >= 0.6 is 24.0 Å². The summed E-state index contributed by atoms with van der Waals surface area (Å²) in [5, 5.41) is 0. The highest BCUT2D eigenvalue weighted by Crippen LogP contribution is 2.13. The van der Waals surface area contributed by atoms with Gasteiger partial charge in [-0.25, -0.2) is 4.99 Å². The van der Waals surface area contributed by atoms with Crippen LogP contribution in [0.15, 0.2) is 29.3 Å². The summed E-state index contributed by atoms with van der Waals surface area (Å²) in [5.41, 5.74) is 11.6. The quantitative estimate of drug-likeness (QED) is 0.362. The van der Waals surface area contributed by atoms with Crippen molar-refractivity contribution in [2.45, 2.75) is 6.54 Å². The van der Waals surface area contributed by atoms with Gasteiger partial charge in [-0.15, -0.1) is 24.0 Å². The fraction of sp³-hybridized carbons (Fsp3) is 0.500. The molecule has 0 amide bonds. The van der Waals surface area contributed by atoms with E-state index in [1.165, 1.54) is 0 Å². The van der Waals surface area contributed by atoms with Gasteiger partial charge >= 0.3 is 0 Å². The average Bonchev–Trinajstić information content (AvgIpc) is 2.43. The largest absolute Gasteiger partial charge is 0.492 e. The standard InChI is InChI=1S/C14H24N4O2.HI/c1-18(6-8-19-2)7-9-20-13-5-3-4-12(10-13)11-17-14(15)16;/h3-5,10H,6-9,11H2,1-2H3,(H4,15,16,17);1H. The van der Waals surface area contributed by atoms with E-state index in [-0.39, 0.29) is 29.9 Å². The summed E-state index contributed by atoms with van der Waals surface area (Å²) >= 11 is 0. The highest BCUT2D eigenvalue weighted by atomic mass is 127. The smallest absolute Gasteiger partial charge is 0.186 e. The minimum Gasteiger partial charge on any atom is -0.492 e. The Morgan fingerprint density at radius 1 is 1.24 bits per heavy atom. The van der Waals surface area contributed by atoms with Gasteiger partial charge in [-0.05, 0) is 24.7 Å². The number of nitrogens with zero attached hydrogens (tertiary/aromatic N) is 2. The molecule has 0 saturated heterocycles. The third kappa shape index (κ3) is 9.48. The normalized spacial score (nSPS) is 10.0. The molecule has 0 aliphatic heterocycles. The maximum Gasteiger partial charge on any atom is 0.186 e. The Morgan fingerprint density at radius 2 is 1.95 bits per heavy atom. The predicted molar refractivity (Wildman–Crippen MR) is 96.2 cm³/mol. The van der Waals surface area contributed by atoms with Crippen LogP contribution in [0.25, 0.3) is 0 Å². The lowest BCUT2D eigenvalue weighted by Crippen LogP contribution is -2.27. The van der Waals surface area contributed by atoms with Gasteiger partial charge in [0.1, 0.15) is 12.4 Å². The summed E-state index contributed by atoms with van der Waals surface area (Å²) in [7, 11) is 3.74. The number of aliphatic imine (C=N–C) groups is 1. The molecule has 7 heteroatoms. The number of methoxy groups -OCH3 is 1. The molecule has 0 spiro atoms. The summed E-state index contributed by atoms with van der Waals surface area (Å²) in [6.07, 6.45) is 0. The van der Waals surface area contributed by atoms with Gasteiger partial charge in [0.2, 0.25) is 0 Å². The second-order valence-electron chi connectivity index (χ2n) is 4.53. The second kappa shape index (κ2) is 11.6. The number of likely N-dealkylation sites (N-methyl/N-ethyl adjacent to an activating group) is 1. The number of nitrogens with two attached hydrogens (primary N) is 2. The fourth-order valence-corrected chi connectivity index (χ4v) is 1.59. The first kappa shape index (κ1) is 19.9. The van der Waals surface area contributed by atoms with E-state index in [4.69, 9.17) is 20.9 Å². The van der Waals surface area contributed by atoms with Crippen molar-refractivity contribution >= 4 is 29.9 Å². The van der Waals surface area contributed by atoms with Crippen LogP contribution in [0, 0.1) is 0 Å². The fourth-order valence-electron chi connectivity index (χ4n) is 1.59. The zero-order valence-corrected chi connectivity index (χ0v) is 14.9. The Balaban J connectivity index is 0.00000400. The van der Waals surface area contributed by atoms with Gasteiger partial charge in [-0.1, -0.05) is 12.1 Å². The van der Waals surface area contributed by atoms with Crippen molar-refractivity contribution in [3.8, 4) is 5.75 Å². The molecule has 0 aliphatic carbocycles. The minimum absolute atomic E-state index is 0. The van der Waals surface area contributed by atoms with Crippen molar-refractivity contribution in [3.63, 3.8) is 0 Å². The van der Waals surface area contributed by atoms with Crippen LogP contribution in [0.1, 0.15) is 5.56 Å². The molecule has 1 aromatic rings. The Bertz CT molecular complexity index is 425. The van der Waals surface area contributed by atoms with Gasteiger partial charge in [0.25, 0.3) is 0 Å². The molecule has 1 rings (SSSR count). The first-order valence-electron chi connectivity index (χ1n) is 6.56. The number of hydrogen-bond acceptors (Lipinski definition) is 4. The number of hydrogen-bond donors (Lipinski definition) is 2. The molecule has 21 heavy (non-hydrogen) atoms. The molecule has 0 saturated carbocycles. The molecule has 0 aromatic heterocycles. The third-order valence-electron chi connectivity index (χ3n) is 2.76. The van der Waals surface area contributed by atoms with Gasteiger partial charge in [0, 0.05) is 20.2 Å². The molecule has 0 heterocycles. The van der Waals surface area contributed by atoms with E-state index in [0.29, 0.717) is 13.2 Å². The summed E-state index contributed by atoms with van der Waals surface area (Å²) < 4.78 is 10.7. The van der Waals surface area contributed by atoms with Crippen LogP contribution in [0.2, 0.25) is 0 Å². The molecule has 0 radical (unpaired) electrons. The summed E-state index contributed by atoms with van der Waals surface area (Å²) in [4.78, 5) is 6.13. The van der Waals surface area contributed by atoms with Crippen LogP contribution in [0.3, 0.4) is 0 Å². The molecular weight excluding hydrogens is 383 g/mol. The van der Waals surface area contributed by atoms with E-state index < -0.39 is 0 Å². The molecule has 1 aromatic carbocycles. The van der Waals surface area contributed by atoms with Crippen molar-refractivity contribution in [3.05, 3.63) is 29.8 Å². The molecule has 0 fully saturated rings. The number of benzene rings is 1. The highest BCUT2D eigenvalue weighted by molar-refractivity contribution is 14.0. The summed E-state index contributed by atoms with van der Waals surface area (Å²) in [5.74, 6) is 0.921. The Hall–Kier alpha value is -1.06. The molecule has 0 bridgehead atoms. The van der Waals surface area contributed by atoms with E-state index in [1.54, 1.807) is 7.11 Å². The zero-order chi connectivity index (χ0) is 14.8. The van der Waals surface area contributed by atoms with Crippen LogP contribution in [-0.2, 0) is 11.3 Å². The van der Waals surface area contributed by atoms with Crippen molar-refractivity contribution in [2.24, 2.45) is 16.5 Å². The zero-order valence-electron chi connectivity index (χ0n) is 12.6. The number of ether oxygens (including phenoxy) is 2. The van der Waals surface area contributed by atoms with Gasteiger partial charge in [0.15, 0.2) is 5.96 Å². The van der Waals surface area contributed by atoms with E-state index in [0.717, 1.165) is 31.0 Å². The average molecular weight is 408 g/mol. The second-order valence-corrected chi connectivity index (χ2v) is 4.53. The molecule has 4 N–H and O–H groups in total. The number of halogens is 1. The topological polar surface area (TPSA) is 86.1 Å². The molecule has 0 aliphatic rings. The lowest BCUT2D eigenvalue weighted by atomic mass is 10.2. The molecule has 0 atom stereocenters. The Labute approximate surface area is 143 Å². The first-order chi connectivity index (χ1) is 9.61. The van der Waals surface area contributed by atoms with Gasteiger partial charge in [-0.3, -0.25) is 0 Å². The number of rotatable bonds is 9. The predicted octanol–water partition coefficient (Wildman–Crippen LogP) is 1.03. The van der Waals surface area contributed by atoms with Crippen molar-refractivity contribution in [2.75, 3.05) is 40.5 Å². The highest BCUT2D eigenvalue weighted by Gasteiger charge is 2.00. The van der Waals surface area contributed by atoms with Crippen molar-refractivity contribution < 1.29 is 9.47 Å². The van der Waals surface area contributed by atoms with E-state index in [2.05, 4.69) is 9.89 Å². The van der Waals surface area contributed by atoms with Crippen LogP contribution in [0.4, 0.5) is 0 Å². The molecular formula is C14H25IN4O2. The first-order valence-corrected chi connectivity index (χ1v) is 6.56. The van der Waals surface area contributed by atoms with Gasteiger partial charge < -0.3 is 25.8 Å². The summed E-state index contributed by atoms with van der Waals surface area (Å²) in [6.45, 7) is 3.57. The SMILES string of the molecule is COCCN(C)CCOc1cccc(CN=C(N)N)c1.I. The molecule has 0 unspecified atom stereocenters. The number of guanidine groups is 1. The van der Waals surface area contributed by atoms with Crippen molar-refractivity contribution in [1.82, 2.24) is 4.90 Å². The Morgan fingerprint density at radius 3 is 2.62 bits per heavy atom. The van der Waals surface area contributed by atoms with Crippen LogP contribution < -0.4 is 16.2 Å². The van der Waals surface area contributed by atoms with E-state index in [1.807, 2.05) is 31.3 Å². The molecule has 120 valence electrons. The Kier molecular flexibility index (Phi) is 11.0. The van der Waals surface area contributed by atoms with Gasteiger partial charge in [-0.2, -0.15) is 0 Å². The monoisotopic (exact) mass is 408 g/mol. The lowest BCUT2D eigenvalue weighted by molar-refractivity contribution is 0.150. The van der Waals surface area contributed by atoms with E-state index >= 15 is 0 Å². The summed E-state index contributed by atoms with van der Waals surface area (Å²) in [6, 6.07) is 7.77. The van der Waals surface area contributed by atoms with Crippen molar-refractivity contribution in [1.29, 1.82) is 0 Å². The van der Waals surface area contributed by atoms with Gasteiger partial charge in [0.05, 0.1) is 13.2 Å². The molecule has 6 nitrogen and oxygen atoms in total. The third-order valence-corrected chi connectivity index (χ3v) is 2.76.